The SMILES string of the molecule is C=CCN(CCO)C(=O)/C=C/c1ccnn1C. The zero-order valence-corrected chi connectivity index (χ0v) is 9.91. The third-order valence-electron chi connectivity index (χ3n) is 2.29. The fraction of sp³-hybridized carbons (Fsp3) is 0.333. The van der Waals surface area contributed by atoms with Crippen molar-refractivity contribution in [3.63, 3.8) is 0 Å². The fourth-order valence-corrected chi connectivity index (χ4v) is 1.38. The number of amides is 1. The quantitative estimate of drug-likeness (QED) is 0.575. The molecule has 1 N–H and O–H groups in total. The van der Waals surface area contributed by atoms with Crippen LogP contribution in [0, 0.1) is 0 Å². The van der Waals surface area contributed by atoms with Gasteiger partial charge in [0.05, 0.1) is 12.3 Å². The summed E-state index contributed by atoms with van der Waals surface area (Å²) in [7, 11) is 1.80. The Kier molecular flexibility index (Phi) is 5.16. The topological polar surface area (TPSA) is 58.4 Å². The lowest BCUT2D eigenvalue weighted by Gasteiger charge is -2.17. The normalized spacial score (nSPS) is 10.7. The molecule has 0 aromatic carbocycles. The Bertz CT molecular complexity index is 410. The van der Waals surface area contributed by atoms with E-state index >= 15 is 0 Å². The van der Waals surface area contributed by atoms with Gasteiger partial charge in [0.15, 0.2) is 0 Å². The maximum absolute atomic E-state index is 11.8. The highest BCUT2D eigenvalue weighted by Gasteiger charge is 2.07. The van der Waals surface area contributed by atoms with Crippen LogP contribution in [0.15, 0.2) is 31.0 Å². The molecule has 1 aromatic rings. The minimum atomic E-state index is -0.153. The molecule has 17 heavy (non-hydrogen) atoms. The van der Waals surface area contributed by atoms with E-state index in [4.69, 9.17) is 5.11 Å². The van der Waals surface area contributed by atoms with Crippen LogP contribution in [0.1, 0.15) is 5.69 Å². The third kappa shape index (κ3) is 3.88. The molecule has 1 amide bonds. The van der Waals surface area contributed by atoms with Crippen LogP contribution in [0.25, 0.3) is 6.08 Å². The molecule has 0 saturated carbocycles. The monoisotopic (exact) mass is 235 g/mol. The van der Waals surface area contributed by atoms with Crippen molar-refractivity contribution in [1.82, 2.24) is 14.7 Å². The van der Waals surface area contributed by atoms with E-state index in [1.807, 2.05) is 6.07 Å². The highest BCUT2D eigenvalue weighted by molar-refractivity contribution is 5.91. The van der Waals surface area contributed by atoms with Crippen LogP contribution < -0.4 is 0 Å². The summed E-state index contributed by atoms with van der Waals surface area (Å²) in [4.78, 5) is 13.3. The van der Waals surface area contributed by atoms with Gasteiger partial charge in [0.25, 0.3) is 0 Å². The number of hydrogen-bond acceptors (Lipinski definition) is 3. The highest BCUT2D eigenvalue weighted by Crippen LogP contribution is 2.00. The second-order valence-electron chi connectivity index (χ2n) is 3.51. The minimum absolute atomic E-state index is 0.0564. The summed E-state index contributed by atoms with van der Waals surface area (Å²) in [5, 5.41) is 12.8. The van der Waals surface area contributed by atoms with Gasteiger partial charge in [0, 0.05) is 32.4 Å². The molecule has 0 saturated heterocycles. The van der Waals surface area contributed by atoms with Crippen molar-refractivity contribution in [2.24, 2.45) is 7.05 Å². The van der Waals surface area contributed by atoms with E-state index in [0.717, 1.165) is 5.69 Å². The van der Waals surface area contributed by atoms with Gasteiger partial charge in [-0.1, -0.05) is 6.08 Å². The summed E-state index contributed by atoms with van der Waals surface area (Å²) in [6, 6.07) is 1.81. The molecule has 0 fully saturated rings. The number of aliphatic hydroxyl groups is 1. The Balaban J connectivity index is 2.66. The first kappa shape index (κ1) is 13.2. The molecule has 1 rings (SSSR count). The molecule has 92 valence electrons. The molecule has 0 spiro atoms. The molecule has 0 aliphatic heterocycles. The number of carbonyl (C=O) groups excluding carboxylic acids is 1. The van der Waals surface area contributed by atoms with E-state index in [2.05, 4.69) is 11.7 Å². The van der Waals surface area contributed by atoms with Crippen molar-refractivity contribution in [2.45, 2.75) is 0 Å². The number of hydrogen-bond donors (Lipinski definition) is 1. The first-order valence-electron chi connectivity index (χ1n) is 5.35. The number of aromatic nitrogens is 2. The number of carbonyl (C=O) groups is 1. The zero-order valence-electron chi connectivity index (χ0n) is 9.91. The maximum atomic E-state index is 11.8. The van der Waals surface area contributed by atoms with Crippen molar-refractivity contribution in [3.8, 4) is 0 Å². The molecule has 1 aromatic heterocycles. The molecule has 0 unspecified atom stereocenters. The Morgan fingerprint density at radius 1 is 1.71 bits per heavy atom. The van der Waals surface area contributed by atoms with Crippen molar-refractivity contribution in [2.75, 3.05) is 19.7 Å². The van der Waals surface area contributed by atoms with Gasteiger partial charge in [0.2, 0.25) is 5.91 Å². The van der Waals surface area contributed by atoms with Crippen LogP contribution in [0.4, 0.5) is 0 Å². The van der Waals surface area contributed by atoms with Gasteiger partial charge >= 0.3 is 0 Å². The van der Waals surface area contributed by atoms with Crippen LogP contribution in [-0.2, 0) is 11.8 Å². The van der Waals surface area contributed by atoms with E-state index in [-0.39, 0.29) is 12.5 Å². The van der Waals surface area contributed by atoms with Crippen LogP contribution in [-0.4, -0.2) is 45.4 Å². The molecule has 0 radical (unpaired) electrons. The summed E-state index contributed by atoms with van der Waals surface area (Å²) >= 11 is 0. The second kappa shape index (κ2) is 6.65. The summed E-state index contributed by atoms with van der Waals surface area (Å²) in [5.74, 6) is -0.153. The lowest BCUT2D eigenvalue weighted by Crippen LogP contribution is -2.32. The molecular weight excluding hydrogens is 218 g/mol. The number of rotatable bonds is 6. The van der Waals surface area contributed by atoms with Gasteiger partial charge < -0.3 is 10.0 Å². The van der Waals surface area contributed by atoms with Crippen LogP contribution in [0.3, 0.4) is 0 Å². The van der Waals surface area contributed by atoms with E-state index in [9.17, 15) is 4.79 Å². The van der Waals surface area contributed by atoms with Gasteiger partial charge in [-0.15, -0.1) is 6.58 Å². The maximum Gasteiger partial charge on any atom is 0.246 e. The number of nitrogens with zero attached hydrogens (tertiary/aromatic N) is 3. The van der Waals surface area contributed by atoms with Crippen LogP contribution in [0.5, 0.6) is 0 Å². The van der Waals surface area contributed by atoms with Crippen LogP contribution >= 0.6 is 0 Å². The molecule has 0 bridgehead atoms. The highest BCUT2D eigenvalue weighted by atomic mass is 16.3. The predicted molar refractivity (Wildman–Crippen MR) is 66.1 cm³/mol. The summed E-state index contributed by atoms with van der Waals surface area (Å²) in [5.41, 5.74) is 0.848. The lowest BCUT2D eigenvalue weighted by molar-refractivity contribution is -0.125. The fourth-order valence-electron chi connectivity index (χ4n) is 1.38. The summed E-state index contributed by atoms with van der Waals surface area (Å²) in [6.07, 6.45) is 6.46. The second-order valence-corrected chi connectivity index (χ2v) is 3.51. The van der Waals surface area contributed by atoms with Crippen molar-refractivity contribution < 1.29 is 9.90 Å². The first-order valence-corrected chi connectivity index (χ1v) is 5.35. The van der Waals surface area contributed by atoms with Gasteiger partial charge in [-0.05, 0) is 12.1 Å². The minimum Gasteiger partial charge on any atom is -0.395 e. The first-order chi connectivity index (χ1) is 8.19. The summed E-state index contributed by atoms with van der Waals surface area (Å²) < 4.78 is 1.67. The van der Waals surface area contributed by atoms with Gasteiger partial charge in [-0.25, -0.2) is 0 Å². The predicted octanol–water partition coefficient (Wildman–Crippen LogP) is 0.440. The van der Waals surface area contributed by atoms with Gasteiger partial charge in [0.1, 0.15) is 0 Å². The van der Waals surface area contributed by atoms with E-state index < -0.39 is 0 Å². The number of aryl methyl sites for hydroxylation is 1. The molecular formula is C12H17N3O2. The molecule has 1 heterocycles. The number of aliphatic hydroxyl groups excluding tert-OH is 1. The Morgan fingerprint density at radius 2 is 2.47 bits per heavy atom. The average Bonchev–Trinajstić information content (AvgIpc) is 2.71. The smallest absolute Gasteiger partial charge is 0.246 e. The van der Waals surface area contributed by atoms with Gasteiger partial charge in [-0.3, -0.25) is 9.48 Å². The van der Waals surface area contributed by atoms with Crippen LogP contribution in [0.2, 0.25) is 0 Å². The van der Waals surface area contributed by atoms with Crippen molar-refractivity contribution >= 4 is 12.0 Å². The molecule has 0 atom stereocenters. The molecule has 0 aliphatic rings. The zero-order chi connectivity index (χ0) is 12.7. The Hall–Kier alpha value is -1.88. The lowest BCUT2D eigenvalue weighted by atomic mass is 10.3. The summed E-state index contributed by atoms with van der Waals surface area (Å²) in [6.45, 7) is 4.25. The van der Waals surface area contributed by atoms with E-state index in [1.165, 1.54) is 11.0 Å². The Labute approximate surface area is 101 Å². The Morgan fingerprint density at radius 3 is 3.00 bits per heavy atom. The molecule has 5 nitrogen and oxygen atoms in total. The van der Waals surface area contributed by atoms with Gasteiger partial charge in [-0.2, -0.15) is 5.10 Å². The standard InChI is InChI=1S/C12H17N3O2/c1-3-8-15(9-10-16)12(17)5-4-11-6-7-13-14(11)2/h3-7,16H,1,8-10H2,2H3/b5-4+. The average molecular weight is 235 g/mol. The molecule has 5 heteroatoms. The molecule has 0 aliphatic carbocycles. The van der Waals surface area contributed by atoms with E-state index in [0.29, 0.717) is 13.1 Å². The largest absolute Gasteiger partial charge is 0.395 e. The van der Waals surface area contributed by atoms with E-state index in [1.54, 1.807) is 30.1 Å². The third-order valence-corrected chi connectivity index (χ3v) is 2.29. The van der Waals surface area contributed by atoms with Crippen molar-refractivity contribution in [1.29, 1.82) is 0 Å². The van der Waals surface area contributed by atoms with Crippen molar-refractivity contribution in [3.05, 3.63) is 36.7 Å².